The Balaban J connectivity index is 1.57. The maximum Gasteiger partial charge on any atom is 0.326 e. The van der Waals surface area contributed by atoms with Crippen molar-refractivity contribution in [1.82, 2.24) is 14.6 Å². The molecule has 1 aromatic heterocycles. The molecule has 31 heavy (non-hydrogen) atoms. The molecule has 1 unspecified atom stereocenters. The SMILES string of the molecule is CCCCNS(=O)(=O)C(C(=O)O)C1(O)CCC(N2CCN(c3ccncc3)CC2)CC1. The molecule has 174 valence electrons. The molecule has 2 aliphatic rings. The fraction of sp³-hybridized carbons (Fsp3) is 0.714. The summed E-state index contributed by atoms with van der Waals surface area (Å²) in [6.45, 7) is 5.64. The van der Waals surface area contributed by atoms with Crippen LogP contribution in [0.4, 0.5) is 5.69 Å². The maximum absolute atomic E-state index is 12.6. The number of hydrogen-bond donors (Lipinski definition) is 3. The predicted octanol–water partition coefficient (Wildman–Crippen LogP) is 1.05. The Morgan fingerprint density at radius 1 is 1.23 bits per heavy atom. The molecule has 0 aromatic carbocycles. The highest BCUT2D eigenvalue weighted by molar-refractivity contribution is 7.91. The summed E-state index contributed by atoms with van der Waals surface area (Å²) in [7, 11) is -4.16. The van der Waals surface area contributed by atoms with E-state index in [4.69, 9.17) is 0 Å². The number of nitrogens with zero attached hydrogens (tertiary/aromatic N) is 3. The van der Waals surface area contributed by atoms with Crippen LogP contribution < -0.4 is 9.62 Å². The molecule has 3 N–H and O–H groups in total. The van der Waals surface area contributed by atoms with E-state index >= 15 is 0 Å². The van der Waals surface area contributed by atoms with Crippen molar-refractivity contribution in [3.63, 3.8) is 0 Å². The largest absolute Gasteiger partial charge is 0.480 e. The Labute approximate surface area is 184 Å². The Morgan fingerprint density at radius 2 is 1.84 bits per heavy atom. The van der Waals surface area contributed by atoms with E-state index in [0.717, 1.165) is 38.3 Å². The molecule has 1 saturated carbocycles. The molecule has 0 radical (unpaired) electrons. The van der Waals surface area contributed by atoms with Crippen molar-refractivity contribution < 1.29 is 23.4 Å². The van der Waals surface area contributed by atoms with Gasteiger partial charge in [-0.1, -0.05) is 13.3 Å². The number of sulfonamides is 1. The molecule has 9 nitrogen and oxygen atoms in total. The molecule has 1 aliphatic heterocycles. The normalized spacial score (nSPS) is 26.5. The lowest BCUT2D eigenvalue weighted by atomic mass is 9.79. The summed E-state index contributed by atoms with van der Waals surface area (Å²) in [6, 6.07) is 4.22. The maximum atomic E-state index is 12.6. The van der Waals surface area contributed by atoms with E-state index in [0.29, 0.717) is 19.3 Å². The second-order valence-electron chi connectivity index (χ2n) is 8.57. The smallest absolute Gasteiger partial charge is 0.326 e. The molecular formula is C21H34N4O5S. The number of nitrogens with one attached hydrogen (secondary N) is 1. The summed E-state index contributed by atoms with van der Waals surface area (Å²) in [4.78, 5) is 20.6. The first-order chi connectivity index (χ1) is 14.8. The van der Waals surface area contributed by atoms with Gasteiger partial charge in [-0.05, 0) is 44.2 Å². The first kappa shape index (κ1) is 23.9. The lowest BCUT2D eigenvalue weighted by Crippen LogP contribution is -2.59. The Hall–Kier alpha value is -1.75. The molecule has 1 aliphatic carbocycles. The van der Waals surface area contributed by atoms with Crippen LogP contribution in [0.3, 0.4) is 0 Å². The van der Waals surface area contributed by atoms with Crippen LogP contribution in [0.2, 0.25) is 0 Å². The molecule has 1 atom stereocenters. The number of anilines is 1. The highest BCUT2D eigenvalue weighted by atomic mass is 32.2. The summed E-state index contributed by atoms with van der Waals surface area (Å²) in [5, 5.41) is 18.9. The zero-order valence-electron chi connectivity index (χ0n) is 18.1. The standard InChI is InChI=1S/C21H34N4O5S/c1-2-3-10-23-31(29,30)19(20(26)27)21(28)8-4-17(5-9-21)24-13-15-25(16-14-24)18-6-11-22-12-7-18/h6-7,11-12,17,19,23,28H,2-5,8-10,13-16H2,1H3,(H,26,27). The van der Waals surface area contributed by atoms with Gasteiger partial charge < -0.3 is 15.1 Å². The number of unbranched alkanes of at least 4 members (excludes halogenated alkanes) is 1. The van der Waals surface area contributed by atoms with Gasteiger partial charge in [0, 0.05) is 56.8 Å². The number of carboxylic acid groups (broad SMARTS) is 1. The minimum atomic E-state index is -4.16. The molecule has 2 heterocycles. The first-order valence-corrected chi connectivity index (χ1v) is 12.6. The van der Waals surface area contributed by atoms with Crippen molar-refractivity contribution in [2.45, 2.75) is 62.3 Å². The topological polar surface area (TPSA) is 123 Å². The van der Waals surface area contributed by atoms with Gasteiger partial charge in [-0.3, -0.25) is 14.7 Å². The summed E-state index contributed by atoms with van der Waals surface area (Å²) < 4.78 is 27.6. The van der Waals surface area contributed by atoms with Crippen LogP contribution in [0.25, 0.3) is 0 Å². The Kier molecular flexibility index (Phi) is 7.90. The number of pyridine rings is 1. The van der Waals surface area contributed by atoms with Crippen LogP contribution >= 0.6 is 0 Å². The fourth-order valence-electron chi connectivity index (χ4n) is 4.76. The number of aliphatic hydroxyl groups is 1. The number of carboxylic acids is 1. The molecule has 1 saturated heterocycles. The molecular weight excluding hydrogens is 420 g/mol. The predicted molar refractivity (Wildman–Crippen MR) is 118 cm³/mol. The zero-order valence-corrected chi connectivity index (χ0v) is 18.9. The van der Waals surface area contributed by atoms with Gasteiger partial charge in [0.2, 0.25) is 15.3 Å². The fourth-order valence-corrected chi connectivity index (χ4v) is 6.43. The molecule has 3 rings (SSSR count). The lowest BCUT2D eigenvalue weighted by Gasteiger charge is -2.45. The van der Waals surface area contributed by atoms with Gasteiger partial charge in [0.15, 0.2) is 0 Å². The summed E-state index contributed by atoms with van der Waals surface area (Å²) >= 11 is 0. The number of aromatic nitrogens is 1. The third kappa shape index (κ3) is 5.74. The van der Waals surface area contributed by atoms with E-state index in [1.54, 1.807) is 12.4 Å². The first-order valence-electron chi connectivity index (χ1n) is 11.1. The number of rotatable bonds is 9. The number of aliphatic carboxylic acids is 1. The van der Waals surface area contributed by atoms with Gasteiger partial charge in [0.05, 0.1) is 5.60 Å². The summed E-state index contributed by atoms with van der Waals surface area (Å²) in [6.07, 6.45) is 6.47. The third-order valence-electron chi connectivity index (χ3n) is 6.54. The second kappa shape index (κ2) is 10.2. The van der Waals surface area contributed by atoms with E-state index in [-0.39, 0.29) is 25.4 Å². The number of piperazine rings is 1. The van der Waals surface area contributed by atoms with Gasteiger partial charge in [0.1, 0.15) is 0 Å². The number of carbonyl (C=O) groups is 1. The van der Waals surface area contributed by atoms with Crippen LogP contribution in [-0.2, 0) is 14.8 Å². The highest BCUT2D eigenvalue weighted by Crippen LogP contribution is 2.36. The Bertz CT molecular complexity index is 819. The van der Waals surface area contributed by atoms with E-state index in [1.807, 2.05) is 19.1 Å². The molecule has 10 heteroatoms. The monoisotopic (exact) mass is 454 g/mol. The van der Waals surface area contributed by atoms with Crippen molar-refractivity contribution >= 4 is 21.7 Å². The van der Waals surface area contributed by atoms with Crippen LogP contribution in [-0.4, -0.2) is 84.1 Å². The van der Waals surface area contributed by atoms with E-state index in [1.165, 1.54) is 0 Å². The van der Waals surface area contributed by atoms with Crippen molar-refractivity contribution in [3.05, 3.63) is 24.5 Å². The average Bonchev–Trinajstić information content (AvgIpc) is 2.74. The van der Waals surface area contributed by atoms with Crippen LogP contribution in [0.5, 0.6) is 0 Å². The third-order valence-corrected chi connectivity index (χ3v) is 8.40. The van der Waals surface area contributed by atoms with Gasteiger partial charge in [-0.15, -0.1) is 0 Å². The zero-order chi connectivity index (χ0) is 22.5. The van der Waals surface area contributed by atoms with Gasteiger partial charge >= 0.3 is 5.97 Å². The average molecular weight is 455 g/mol. The van der Waals surface area contributed by atoms with Gasteiger partial charge in [-0.25, -0.2) is 13.1 Å². The summed E-state index contributed by atoms with van der Waals surface area (Å²) in [5.74, 6) is -1.49. The minimum Gasteiger partial charge on any atom is -0.480 e. The second-order valence-corrected chi connectivity index (χ2v) is 10.4. The van der Waals surface area contributed by atoms with Crippen molar-refractivity contribution in [1.29, 1.82) is 0 Å². The van der Waals surface area contributed by atoms with E-state index < -0.39 is 26.8 Å². The van der Waals surface area contributed by atoms with Crippen molar-refractivity contribution in [2.24, 2.45) is 0 Å². The van der Waals surface area contributed by atoms with E-state index in [2.05, 4.69) is 19.5 Å². The Morgan fingerprint density at radius 3 is 2.39 bits per heavy atom. The lowest BCUT2D eigenvalue weighted by molar-refractivity contribution is -0.143. The molecule has 0 bridgehead atoms. The molecule has 0 spiro atoms. The van der Waals surface area contributed by atoms with Gasteiger partial charge in [0.25, 0.3) is 0 Å². The molecule has 0 amide bonds. The molecule has 2 fully saturated rings. The molecule has 1 aromatic rings. The quantitative estimate of drug-likeness (QED) is 0.473. The van der Waals surface area contributed by atoms with Crippen LogP contribution in [0.1, 0.15) is 45.4 Å². The summed E-state index contributed by atoms with van der Waals surface area (Å²) in [5.41, 5.74) is -0.600. The minimum absolute atomic E-state index is 0.161. The highest BCUT2D eigenvalue weighted by Gasteiger charge is 2.51. The van der Waals surface area contributed by atoms with E-state index in [9.17, 15) is 23.4 Å². The number of hydrogen-bond acceptors (Lipinski definition) is 7. The van der Waals surface area contributed by atoms with Crippen LogP contribution in [0, 0.1) is 0 Å². The van der Waals surface area contributed by atoms with Crippen LogP contribution in [0.15, 0.2) is 24.5 Å². The van der Waals surface area contributed by atoms with Crippen molar-refractivity contribution in [3.8, 4) is 0 Å². The van der Waals surface area contributed by atoms with Gasteiger partial charge in [-0.2, -0.15) is 0 Å². The van der Waals surface area contributed by atoms with Crippen molar-refractivity contribution in [2.75, 3.05) is 37.6 Å².